The molecule has 4 amide bonds. The Morgan fingerprint density at radius 2 is 1.57 bits per heavy atom. The van der Waals surface area contributed by atoms with E-state index in [1.165, 1.54) is 58.0 Å². The first-order valence-corrected chi connectivity index (χ1v) is 30.4. The Balaban J connectivity index is 0.000000165. The van der Waals surface area contributed by atoms with Crippen LogP contribution in [0, 0.1) is 0 Å². The van der Waals surface area contributed by atoms with Crippen molar-refractivity contribution in [2.75, 3.05) is 38.9 Å². The summed E-state index contributed by atoms with van der Waals surface area (Å²) in [5, 5.41) is 34.7. The molecule has 6 N–H and O–H groups in total. The second-order valence-corrected chi connectivity index (χ2v) is 22.8. The van der Waals surface area contributed by atoms with Crippen LogP contribution in [0.2, 0.25) is 0 Å². The first kappa shape index (κ1) is 63.9. The third kappa shape index (κ3) is 17.0. The van der Waals surface area contributed by atoms with Gasteiger partial charge in [0.25, 0.3) is 17.0 Å². The maximum absolute atomic E-state index is 13.0. The topological polar surface area (TPSA) is 293 Å². The van der Waals surface area contributed by atoms with E-state index in [1.54, 1.807) is 48.1 Å². The van der Waals surface area contributed by atoms with E-state index in [9.17, 15) is 38.7 Å². The monoisotopic (exact) mass is 1370 g/mol. The number of hydrogen-bond acceptors (Lipinski definition) is 19. The zero-order valence-corrected chi connectivity index (χ0v) is 51.3. The van der Waals surface area contributed by atoms with Crippen LogP contribution in [0.15, 0.2) is 176 Å². The largest absolute Gasteiger partial charge is 0.497 e. The minimum Gasteiger partial charge on any atom is -0.497 e. The molecule has 0 radical (unpaired) electrons. The fraction of sp³-hybridized carbons (Fsp3) is 0.211. The number of rotatable bonds is 17. The van der Waals surface area contributed by atoms with Crippen molar-refractivity contribution in [3.05, 3.63) is 194 Å². The van der Waals surface area contributed by atoms with Crippen molar-refractivity contribution < 1.29 is 43.7 Å². The van der Waals surface area contributed by atoms with E-state index in [-0.39, 0.29) is 63.2 Å². The number of methoxy groups -OCH3 is 2. The number of thioether (sulfide) groups is 3. The van der Waals surface area contributed by atoms with Gasteiger partial charge in [-0.15, -0.1) is 6.58 Å². The van der Waals surface area contributed by atoms with Crippen molar-refractivity contribution in [3.63, 3.8) is 0 Å². The molecular formula is C57H55BrIN11O11S3. The molecule has 84 heavy (non-hydrogen) atoms. The summed E-state index contributed by atoms with van der Waals surface area (Å²) in [4.78, 5) is 95.9. The second-order valence-electron chi connectivity index (χ2n) is 17.7. The number of aromatic nitrogens is 7. The molecular weight excluding hydrogens is 1320 g/mol. The molecule has 1 saturated heterocycles. The van der Waals surface area contributed by atoms with Gasteiger partial charge in [-0.2, -0.15) is 14.8 Å². The number of amides is 4. The standard InChI is InChI=1S/C20H18N2O3S.C19H18N2O3S.C12H9BrN4O2S.C6H10IN3O3/c1-3-12-22-18(23)16-6-4-5-7-17(16)21-20(22)26-13-14-8-10-15(11-9-14)19(24)25-2;1-24-15-10-8-13(9-11-15)12-16-17(22)20-19(25-2)21(18(16)23)14-6-4-3-5-7-14;13-7-1-3-8(4-2-7)16-10(18)5-9-11(19)17-12(20-9)14-6-15-17;7-3-4(8-1-2-11)9-6(13)10-5(3)12/h3-11H,1,12-13H2,2H3;3-11,22H,12H2,1-2H3;1-4,6,9H,5H2,(H,16,18);3-4,8,11H,1-2H2,(H2,9,10,12,13). The van der Waals surface area contributed by atoms with Gasteiger partial charge in [0.2, 0.25) is 17.7 Å². The Labute approximate surface area is 515 Å². The van der Waals surface area contributed by atoms with Gasteiger partial charge in [0, 0.05) is 41.8 Å². The van der Waals surface area contributed by atoms with Crippen molar-refractivity contribution >= 4 is 120 Å². The number of carbonyl (C=O) groups is 5. The number of halogens is 2. The van der Waals surface area contributed by atoms with Gasteiger partial charge in [-0.25, -0.2) is 19.6 Å². The number of nitrogens with zero attached hydrogens (tertiary/aromatic N) is 7. The Kier molecular flexibility index (Phi) is 23.8. The minimum atomic E-state index is -0.506. The smallest absolute Gasteiger partial charge is 0.337 e. The van der Waals surface area contributed by atoms with E-state index in [1.807, 2.05) is 126 Å². The predicted octanol–water partition coefficient (Wildman–Crippen LogP) is 7.64. The zero-order valence-electron chi connectivity index (χ0n) is 45.1. The minimum absolute atomic E-state index is 0.0304. The number of aromatic hydroxyl groups is 1. The lowest BCUT2D eigenvalue weighted by atomic mass is 10.1. The summed E-state index contributed by atoms with van der Waals surface area (Å²) in [5.41, 5.74) is 4.46. The Bertz CT molecular complexity index is 3750. The SMILES string of the molecule is C=CCn1c(SCc2ccc(C(=O)OC)cc2)nc2ccccc2c1=O.COc1ccc(Cc2c(O)nc(SC)n(-c3ccccc3)c2=O)cc1.O=C(CC1Sc2ncnn2C1=O)Nc1ccc(Br)cc1.O=C1NC(=O)C(I)C(NCCO)N1. The highest BCUT2D eigenvalue weighted by Gasteiger charge is 2.35. The van der Waals surface area contributed by atoms with E-state index in [0.717, 1.165) is 27.0 Å². The molecule has 2 aliphatic rings. The predicted molar refractivity (Wildman–Crippen MR) is 334 cm³/mol. The van der Waals surface area contributed by atoms with Crippen LogP contribution in [0.25, 0.3) is 16.6 Å². The number of hydrogen-bond donors (Lipinski definition) is 6. The number of ether oxygens (including phenoxy) is 2. The van der Waals surface area contributed by atoms with Crippen molar-refractivity contribution in [2.45, 2.75) is 55.9 Å². The number of carbonyl (C=O) groups excluding carboxylic acids is 5. The number of allylic oxidation sites excluding steroid dienone is 1. The second kappa shape index (κ2) is 31.3. The molecule has 3 unspecified atom stereocenters. The highest BCUT2D eigenvalue weighted by Crippen LogP contribution is 2.32. The highest BCUT2D eigenvalue weighted by atomic mass is 127. The quantitative estimate of drug-likeness (QED) is 0.0127. The molecule has 1 fully saturated rings. The molecule has 5 aromatic carbocycles. The van der Waals surface area contributed by atoms with Crippen molar-refractivity contribution in [1.82, 2.24) is 49.8 Å². The molecule has 5 heterocycles. The molecule has 0 spiro atoms. The van der Waals surface area contributed by atoms with Crippen LogP contribution in [0.5, 0.6) is 11.6 Å². The number of urea groups is 1. The molecule has 0 bridgehead atoms. The number of fused-ring (bicyclic) bond motifs is 2. The lowest BCUT2D eigenvalue weighted by Crippen LogP contribution is -2.64. The maximum Gasteiger partial charge on any atom is 0.337 e. The van der Waals surface area contributed by atoms with Gasteiger partial charge in [0.05, 0.1) is 48.5 Å². The number of imide groups is 1. The Morgan fingerprint density at radius 1 is 0.881 bits per heavy atom. The van der Waals surface area contributed by atoms with Gasteiger partial charge >= 0.3 is 12.0 Å². The van der Waals surface area contributed by atoms with Crippen LogP contribution in [-0.2, 0) is 33.0 Å². The normalized spacial score (nSPS) is 14.9. The van der Waals surface area contributed by atoms with Crippen LogP contribution >= 0.6 is 73.8 Å². The molecule has 27 heteroatoms. The Hall–Kier alpha value is -7.67. The highest BCUT2D eigenvalue weighted by molar-refractivity contribution is 14.1. The number of benzene rings is 5. The summed E-state index contributed by atoms with van der Waals surface area (Å²) < 4.78 is 14.8. The van der Waals surface area contributed by atoms with Gasteiger partial charge < -0.3 is 30.3 Å². The van der Waals surface area contributed by atoms with Crippen molar-refractivity contribution in [2.24, 2.45) is 0 Å². The fourth-order valence-electron chi connectivity index (χ4n) is 7.90. The summed E-state index contributed by atoms with van der Waals surface area (Å²) in [6, 6.07) is 38.0. The summed E-state index contributed by atoms with van der Waals surface area (Å²) in [6.45, 7) is 4.45. The summed E-state index contributed by atoms with van der Waals surface area (Å²) >= 11 is 9.30. The first-order valence-electron chi connectivity index (χ1n) is 25.3. The number of para-hydroxylation sites is 2. The van der Waals surface area contributed by atoms with Crippen LogP contribution in [-0.4, -0.2) is 123 Å². The molecule has 8 aromatic rings. The number of esters is 1. The number of anilines is 1. The molecule has 22 nitrogen and oxygen atoms in total. The molecule has 0 aliphatic carbocycles. The summed E-state index contributed by atoms with van der Waals surface area (Å²) in [5.74, 6) is 0.0592. The van der Waals surface area contributed by atoms with Crippen molar-refractivity contribution in [1.29, 1.82) is 0 Å². The fourth-order valence-corrected chi connectivity index (χ4v) is 11.3. The number of alkyl halides is 1. The lowest BCUT2D eigenvalue weighted by molar-refractivity contribution is -0.120. The zero-order chi connectivity index (χ0) is 60.3. The molecule has 0 saturated carbocycles. The van der Waals surface area contributed by atoms with Gasteiger partial charge in [-0.1, -0.05) is 134 Å². The van der Waals surface area contributed by atoms with Crippen LogP contribution < -0.4 is 37.1 Å². The van der Waals surface area contributed by atoms with Crippen LogP contribution in [0.4, 0.5) is 10.5 Å². The first-order chi connectivity index (χ1) is 40.5. The van der Waals surface area contributed by atoms with E-state index < -0.39 is 17.4 Å². The molecule has 436 valence electrons. The average Bonchev–Trinajstić information content (AvgIpc) is 4.26. The third-order valence-electron chi connectivity index (χ3n) is 12.0. The van der Waals surface area contributed by atoms with Gasteiger partial charge in [-0.3, -0.25) is 43.7 Å². The molecule has 3 aromatic heterocycles. The molecule has 3 atom stereocenters. The summed E-state index contributed by atoms with van der Waals surface area (Å²) in [7, 11) is 2.96. The van der Waals surface area contributed by atoms with E-state index in [4.69, 9.17) is 14.6 Å². The van der Waals surface area contributed by atoms with Gasteiger partial charge in [0.1, 0.15) is 27.4 Å². The average molecular weight is 1370 g/mol. The van der Waals surface area contributed by atoms with Crippen LogP contribution in [0.3, 0.4) is 0 Å². The Morgan fingerprint density at radius 3 is 2.23 bits per heavy atom. The third-order valence-corrected chi connectivity index (χ3v) is 16.7. The molecule has 2 aliphatic heterocycles. The lowest BCUT2D eigenvalue weighted by Gasteiger charge is -2.28. The van der Waals surface area contributed by atoms with Crippen molar-refractivity contribution in [3.8, 4) is 17.3 Å². The number of aliphatic hydroxyl groups excluding tert-OH is 1. The maximum atomic E-state index is 13.0. The number of nitrogens with one attached hydrogen (secondary N) is 4. The van der Waals surface area contributed by atoms with E-state index in [2.05, 4.69) is 63.8 Å². The van der Waals surface area contributed by atoms with E-state index in [0.29, 0.717) is 62.9 Å². The van der Waals surface area contributed by atoms with Gasteiger partial charge in [-0.05, 0) is 90.2 Å². The van der Waals surface area contributed by atoms with Gasteiger partial charge in [0.15, 0.2) is 15.5 Å². The van der Waals surface area contributed by atoms with E-state index >= 15 is 0 Å². The summed E-state index contributed by atoms with van der Waals surface area (Å²) in [6.07, 6.45) is 4.83. The van der Waals surface area contributed by atoms with Crippen LogP contribution in [0.1, 0.15) is 38.3 Å². The molecule has 10 rings (SSSR count). The number of aliphatic hydroxyl groups is 1.